The summed E-state index contributed by atoms with van der Waals surface area (Å²) in [6.45, 7) is 1.74. The monoisotopic (exact) mass is 445 g/mol. The molecule has 0 saturated heterocycles. The number of primary sulfonamides is 1. The van der Waals surface area contributed by atoms with Gasteiger partial charge in [0.05, 0.1) is 21.9 Å². The summed E-state index contributed by atoms with van der Waals surface area (Å²) >= 11 is 3.47. The Balaban J connectivity index is 1.87. The van der Waals surface area contributed by atoms with Crippen LogP contribution in [0.1, 0.15) is 12.5 Å². The van der Waals surface area contributed by atoms with Crippen LogP contribution >= 0.6 is 15.9 Å². The molecule has 0 spiro atoms. The molecule has 0 aromatic heterocycles. The van der Waals surface area contributed by atoms with Crippen molar-refractivity contribution in [3.8, 4) is 0 Å². The number of nitrogens with zero attached hydrogens (tertiary/aromatic N) is 2. The maximum absolute atomic E-state index is 12.7. The first-order chi connectivity index (χ1) is 12.8. The summed E-state index contributed by atoms with van der Waals surface area (Å²) < 4.78 is 23.4. The molecule has 2 N–H and O–H groups in total. The fraction of sp³-hybridized carbons (Fsp3) is 0.0526. The number of rotatable bonds is 4. The molecule has 1 amide bonds. The molecule has 27 heavy (non-hydrogen) atoms. The van der Waals surface area contributed by atoms with Gasteiger partial charge in [0, 0.05) is 4.48 Å². The zero-order chi connectivity index (χ0) is 19.6. The van der Waals surface area contributed by atoms with E-state index in [0.29, 0.717) is 17.0 Å². The minimum Gasteiger partial charge on any atom is -0.267 e. The molecular formula is C19H16BrN3O3S. The van der Waals surface area contributed by atoms with Crippen molar-refractivity contribution in [2.45, 2.75) is 11.8 Å². The topological polar surface area (TPSA) is 92.8 Å². The summed E-state index contributed by atoms with van der Waals surface area (Å²) in [4.78, 5) is 12.7. The molecule has 138 valence electrons. The van der Waals surface area contributed by atoms with Crippen molar-refractivity contribution < 1.29 is 13.2 Å². The van der Waals surface area contributed by atoms with Gasteiger partial charge >= 0.3 is 0 Å². The number of halogens is 1. The van der Waals surface area contributed by atoms with Crippen LogP contribution in [0.2, 0.25) is 0 Å². The highest BCUT2D eigenvalue weighted by Crippen LogP contribution is 2.26. The van der Waals surface area contributed by atoms with Crippen LogP contribution in [0.5, 0.6) is 0 Å². The molecule has 2 aromatic rings. The van der Waals surface area contributed by atoms with Crippen LogP contribution in [0.3, 0.4) is 0 Å². The summed E-state index contributed by atoms with van der Waals surface area (Å²) in [5.41, 5.74) is 2.47. The Labute approximate surface area is 165 Å². The largest absolute Gasteiger partial charge is 0.280 e. The number of hydrogen-bond donors (Lipinski definition) is 1. The fourth-order valence-electron chi connectivity index (χ4n) is 2.52. The normalized spacial score (nSPS) is 16.8. The second-order valence-corrected chi connectivity index (χ2v) is 8.32. The highest BCUT2D eigenvalue weighted by molar-refractivity contribution is 9.12. The van der Waals surface area contributed by atoms with Gasteiger partial charge in [0.25, 0.3) is 5.91 Å². The molecule has 3 rings (SSSR count). The van der Waals surface area contributed by atoms with Gasteiger partial charge < -0.3 is 0 Å². The second-order valence-electron chi connectivity index (χ2n) is 5.84. The van der Waals surface area contributed by atoms with Crippen molar-refractivity contribution in [3.05, 3.63) is 76.3 Å². The van der Waals surface area contributed by atoms with Crippen LogP contribution < -0.4 is 10.1 Å². The van der Waals surface area contributed by atoms with Gasteiger partial charge in [0.2, 0.25) is 10.0 Å². The second kappa shape index (κ2) is 7.59. The number of sulfonamides is 1. The molecule has 1 aliphatic rings. The van der Waals surface area contributed by atoms with E-state index in [4.69, 9.17) is 5.14 Å². The van der Waals surface area contributed by atoms with E-state index in [-0.39, 0.29) is 10.8 Å². The number of hydrogen-bond acceptors (Lipinski definition) is 4. The predicted octanol–water partition coefficient (Wildman–Crippen LogP) is 3.42. The number of hydrazone groups is 1. The van der Waals surface area contributed by atoms with Crippen LogP contribution in [0, 0.1) is 0 Å². The van der Waals surface area contributed by atoms with Gasteiger partial charge in [-0.2, -0.15) is 10.1 Å². The third-order valence-corrected chi connectivity index (χ3v) is 5.25. The zero-order valence-electron chi connectivity index (χ0n) is 14.3. The summed E-state index contributed by atoms with van der Waals surface area (Å²) in [6.07, 6.45) is 3.62. The molecule has 1 heterocycles. The lowest BCUT2D eigenvalue weighted by Crippen LogP contribution is -2.21. The molecule has 0 fully saturated rings. The average Bonchev–Trinajstić information content (AvgIpc) is 2.90. The van der Waals surface area contributed by atoms with Crippen molar-refractivity contribution in [2.75, 3.05) is 5.01 Å². The Kier molecular flexibility index (Phi) is 5.41. The lowest BCUT2D eigenvalue weighted by atomic mass is 10.1. The van der Waals surface area contributed by atoms with Gasteiger partial charge in [0.1, 0.15) is 0 Å². The Morgan fingerprint density at radius 3 is 2.33 bits per heavy atom. The number of carbonyl (C=O) groups is 1. The molecule has 1 aliphatic heterocycles. The average molecular weight is 446 g/mol. The van der Waals surface area contributed by atoms with Crippen molar-refractivity contribution >= 4 is 49.3 Å². The number of benzene rings is 2. The highest BCUT2D eigenvalue weighted by Gasteiger charge is 2.28. The van der Waals surface area contributed by atoms with Crippen LogP contribution in [-0.2, 0) is 14.8 Å². The molecule has 0 atom stereocenters. The maximum Gasteiger partial charge on any atom is 0.280 e. The molecule has 0 saturated carbocycles. The number of allylic oxidation sites excluding steroid dienone is 2. The van der Waals surface area contributed by atoms with E-state index in [9.17, 15) is 13.2 Å². The standard InChI is InChI=1S/C19H16BrN3O3S/c1-13-18(12-15(20)11-14-5-3-2-4-6-14)19(24)23(22-13)16-7-9-17(10-8-16)27(21,25)26/h2-12H,1H3,(H2,21,25,26)/b15-11+,18-12-. The van der Waals surface area contributed by atoms with E-state index in [1.165, 1.54) is 29.3 Å². The summed E-state index contributed by atoms with van der Waals surface area (Å²) in [7, 11) is -3.79. The quantitative estimate of drug-likeness (QED) is 0.730. The molecule has 8 heteroatoms. The lowest BCUT2D eigenvalue weighted by Gasteiger charge is -2.12. The molecule has 0 unspecified atom stereocenters. The van der Waals surface area contributed by atoms with Gasteiger partial charge in [-0.3, -0.25) is 4.79 Å². The first kappa shape index (κ1) is 19.2. The predicted molar refractivity (Wildman–Crippen MR) is 110 cm³/mol. The van der Waals surface area contributed by atoms with E-state index in [2.05, 4.69) is 21.0 Å². The van der Waals surface area contributed by atoms with Gasteiger partial charge in [-0.15, -0.1) is 0 Å². The molecule has 6 nitrogen and oxygen atoms in total. The first-order valence-electron chi connectivity index (χ1n) is 7.92. The number of amides is 1. The lowest BCUT2D eigenvalue weighted by molar-refractivity contribution is -0.114. The minimum absolute atomic E-state index is 0.0251. The summed E-state index contributed by atoms with van der Waals surface area (Å²) in [5, 5.41) is 10.6. The van der Waals surface area contributed by atoms with Crippen LogP contribution in [0.25, 0.3) is 6.08 Å². The molecule has 0 aliphatic carbocycles. The van der Waals surface area contributed by atoms with Crippen molar-refractivity contribution in [2.24, 2.45) is 10.2 Å². The van der Waals surface area contributed by atoms with Gasteiger partial charge in [-0.25, -0.2) is 13.6 Å². The van der Waals surface area contributed by atoms with Crippen LogP contribution in [0.4, 0.5) is 5.69 Å². The van der Waals surface area contributed by atoms with E-state index < -0.39 is 10.0 Å². The Hall–Kier alpha value is -2.55. The molecular weight excluding hydrogens is 430 g/mol. The first-order valence-corrected chi connectivity index (χ1v) is 10.3. The minimum atomic E-state index is -3.79. The van der Waals surface area contributed by atoms with Gasteiger partial charge in [0.15, 0.2) is 0 Å². The zero-order valence-corrected chi connectivity index (χ0v) is 16.7. The Bertz CT molecular complexity index is 1070. The molecule has 0 bridgehead atoms. The summed E-state index contributed by atoms with van der Waals surface area (Å²) in [5.74, 6) is -0.297. The fourth-order valence-corrected chi connectivity index (χ4v) is 3.53. The van der Waals surface area contributed by atoms with Gasteiger partial charge in [-0.05, 0) is 48.9 Å². The smallest absolute Gasteiger partial charge is 0.267 e. The molecule has 0 radical (unpaired) electrons. The Morgan fingerprint density at radius 1 is 1.11 bits per heavy atom. The van der Waals surface area contributed by atoms with Crippen molar-refractivity contribution in [3.63, 3.8) is 0 Å². The maximum atomic E-state index is 12.7. The SMILES string of the molecule is CC1=NN(c2ccc(S(N)(=O)=O)cc2)C(=O)/C1=C\C(Br)=C/c1ccccc1. The third kappa shape index (κ3) is 4.41. The van der Waals surface area contributed by atoms with E-state index in [0.717, 1.165) is 10.0 Å². The van der Waals surface area contributed by atoms with Crippen molar-refractivity contribution in [1.29, 1.82) is 0 Å². The van der Waals surface area contributed by atoms with E-state index in [1.807, 2.05) is 36.4 Å². The van der Waals surface area contributed by atoms with Crippen molar-refractivity contribution in [1.82, 2.24) is 0 Å². The Morgan fingerprint density at radius 2 is 1.74 bits per heavy atom. The van der Waals surface area contributed by atoms with Crippen LogP contribution in [0.15, 0.2) is 80.7 Å². The van der Waals surface area contributed by atoms with Crippen LogP contribution in [-0.4, -0.2) is 20.0 Å². The van der Waals surface area contributed by atoms with E-state index >= 15 is 0 Å². The number of nitrogens with two attached hydrogens (primary N) is 1. The van der Waals surface area contributed by atoms with E-state index in [1.54, 1.807) is 13.0 Å². The number of carbonyl (C=O) groups excluding carboxylic acids is 1. The summed E-state index contributed by atoms with van der Waals surface area (Å²) in [6, 6.07) is 15.4. The molecule has 2 aromatic carbocycles. The third-order valence-electron chi connectivity index (χ3n) is 3.86. The van der Waals surface area contributed by atoms with Gasteiger partial charge in [-0.1, -0.05) is 46.3 Å². The number of anilines is 1. The highest BCUT2D eigenvalue weighted by atomic mass is 79.9.